The summed E-state index contributed by atoms with van der Waals surface area (Å²) in [7, 11) is -3.97. The summed E-state index contributed by atoms with van der Waals surface area (Å²) in [6, 6.07) is 0.255. The van der Waals surface area contributed by atoms with Gasteiger partial charge in [0, 0.05) is 12.1 Å². The van der Waals surface area contributed by atoms with E-state index in [9.17, 15) is 13.2 Å². The second kappa shape index (κ2) is 5.19. The molecule has 2 aromatic heterocycles. The minimum Gasteiger partial charge on any atom is -0.435 e. The number of hydrogen-bond donors (Lipinski definition) is 1. The smallest absolute Gasteiger partial charge is 0.302 e. The first-order chi connectivity index (χ1) is 11.0. The first-order valence-electron chi connectivity index (χ1n) is 7.60. The predicted octanol–water partition coefficient (Wildman–Crippen LogP) is 1.59. The third kappa shape index (κ3) is 2.76. The van der Waals surface area contributed by atoms with Gasteiger partial charge in [-0.05, 0) is 32.1 Å². The second-order valence-electron chi connectivity index (χ2n) is 6.01. The zero-order valence-corrected chi connectivity index (χ0v) is 13.1. The van der Waals surface area contributed by atoms with Crippen molar-refractivity contribution in [1.29, 1.82) is 0 Å². The van der Waals surface area contributed by atoms with E-state index in [0.717, 1.165) is 32.1 Å². The van der Waals surface area contributed by atoms with Crippen molar-refractivity contribution in [2.75, 3.05) is 0 Å². The molecule has 2 aliphatic carbocycles. The van der Waals surface area contributed by atoms with E-state index in [1.165, 1.54) is 18.6 Å². The normalized spacial score (nSPS) is 18.6. The maximum absolute atomic E-state index is 12.3. The molecule has 2 saturated carbocycles. The average Bonchev–Trinajstić information content (AvgIpc) is 2.99. The summed E-state index contributed by atoms with van der Waals surface area (Å²) in [5.41, 5.74) is 0. The molecule has 9 heteroatoms. The summed E-state index contributed by atoms with van der Waals surface area (Å²) >= 11 is 0. The van der Waals surface area contributed by atoms with Gasteiger partial charge in [-0.15, -0.1) is 0 Å². The molecule has 2 aromatic rings. The van der Waals surface area contributed by atoms with Gasteiger partial charge in [-0.2, -0.15) is 5.10 Å². The molecule has 0 spiro atoms. The summed E-state index contributed by atoms with van der Waals surface area (Å²) in [4.78, 5) is 16.0. The molecule has 4 rings (SSSR count). The number of carbonyl (C=O) groups is 1. The Morgan fingerprint density at radius 1 is 1.26 bits per heavy atom. The molecular weight excluding hydrogens is 320 g/mol. The molecule has 0 bridgehead atoms. The van der Waals surface area contributed by atoms with Crippen LogP contribution in [0.25, 0.3) is 0 Å². The third-order valence-corrected chi connectivity index (χ3v) is 5.52. The lowest BCUT2D eigenvalue weighted by molar-refractivity contribution is 0.0952. The van der Waals surface area contributed by atoms with Crippen LogP contribution in [-0.2, 0) is 10.0 Å². The van der Waals surface area contributed by atoms with Gasteiger partial charge in [0.25, 0.3) is 10.0 Å². The molecule has 0 aliphatic heterocycles. The molecule has 8 nitrogen and oxygen atoms in total. The van der Waals surface area contributed by atoms with Gasteiger partial charge in [0.05, 0.1) is 18.4 Å². The summed E-state index contributed by atoms with van der Waals surface area (Å²) in [6.07, 6.45) is 9.05. The average molecular weight is 336 g/mol. The number of rotatable bonds is 5. The lowest BCUT2D eigenvalue weighted by Gasteiger charge is -2.25. The summed E-state index contributed by atoms with van der Waals surface area (Å²) in [5.74, 6) is -0.165. The molecule has 2 heterocycles. The molecule has 0 atom stereocenters. The first kappa shape index (κ1) is 14.4. The predicted molar refractivity (Wildman–Crippen MR) is 78.2 cm³/mol. The molecule has 0 aromatic carbocycles. The summed E-state index contributed by atoms with van der Waals surface area (Å²) in [6.45, 7) is 0. The molecule has 122 valence electrons. The molecule has 1 N–H and O–H groups in total. The van der Waals surface area contributed by atoms with Gasteiger partial charge >= 0.3 is 5.91 Å². The van der Waals surface area contributed by atoms with Crippen molar-refractivity contribution in [3.05, 3.63) is 30.2 Å². The number of aromatic nitrogens is 3. The molecule has 0 saturated heterocycles. The highest BCUT2D eigenvalue weighted by molar-refractivity contribution is 7.90. The number of nitrogens with one attached hydrogen (secondary N) is 1. The first-order valence-corrected chi connectivity index (χ1v) is 9.08. The van der Waals surface area contributed by atoms with Crippen LogP contribution < -0.4 is 4.72 Å². The Labute approximate surface area is 132 Å². The van der Waals surface area contributed by atoms with Crippen molar-refractivity contribution >= 4 is 15.9 Å². The zero-order valence-electron chi connectivity index (χ0n) is 12.3. The highest BCUT2D eigenvalue weighted by atomic mass is 32.2. The Morgan fingerprint density at radius 3 is 2.70 bits per heavy atom. The highest BCUT2D eigenvalue weighted by Crippen LogP contribution is 2.39. The Hall–Kier alpha value is -2.16. The van der Waals surface area contributed by atoms with Crippen LogP contribution in [0.2, 0.25) is 0 Å². The minimum atomic E-state index is -3.97. The van der Waals surface area contributed by atoms with E-state index < -0.39 is 15.9 Å². The van der Waals surface area contributed by atoms with Crippen molar-refractivity contribution in [1.82, 2.24) is 19.5 Å². The van der Waals surface area contributed by atoms with Gasteiger partial charge in [0.2, 0.25) is 5.76 Å². The fourth-order valence-corrected chi connectivity index (χ4v) is 3.35. The maximum Gasteiger partial charge on any atom is 0.302 e. The van der Waals surface area contributed by atoms with E-state index in [1.807, 2.05) is 4.72 Å². The molecule has 1 amide bonds. The van der Waals surface area contributed by atoms with Gasteiger partial charge in [-0.3, -0.25) is 9.48 Å². The largest absolute Gasteiger partial charge is 0.435 e. The van der Waals surface area contributed by atoms with Gasteiger partial charge in [-0.1, -0.05) is 0 Å². The van der Waals surface area contributed by atoms with Crippen LogP contribution in [0.15, 0.2) is 27.9 Å². The molecule has 2 fully saturated rings. The highest BCUT2D eigenvalue weighted by Gasteiger charge is 2.30. The van der Waals surface area contributed by atoms with Crippen LogP contribution in [0, 0.1) is 0 Å². The van der Waals surface area contributed by atoms with Crippen molar-refractivity contribution in [3.8, 4) is 0 Å². The van der Waals surface area contributed by atoms with E-state index in [-0.39, 0.29) is 22.6 Å². The Morgan fingerprint density at radius 2 is 2.04 bits per heavy atom. The quantitative estimate of drug-likeness (QED) is 0.888. The standard InChI is InChI=1S/C14H16N4O4S/c19-13(12-7-15-14(22-12)9-4-5-9)17-23(20,21)11-6-16-18(8-11)10-2-1-3-10/h6-10H,1-5H2,(H,17,19). The molecular formula is C14H16N4O4S. The van der Waals surface area contributed by atoms with Crippen LogP contribution in [0.3, 0.4) is 0 Å². The second-order valence-corrected chi connectivity index (χ2v) is 7.69. The fraction of sp³-hybridized carbons (Fsp3) is 0.500. The van der Waals surface area contributed by atoms with Crippen LogP contribution in [0.5, 0.6) is 0 Å². The van der Waals surface area contributed by atoms with Crippen LogP contribution in [-0.4, -0.2) is 29.1 Å². The van der Waals surface area contributed by atoms with E-state index in [1.54, 1.807) is 4.68 Å². The number of amides is 1. The summed E-state index contributed by atoms with van der Waals surface area (Å²) < 4.78 is 33.5. The van der Waals surface area contributed by atoms with E-state index in [4.69, 9.17) is 4.42 Å². The van der Waals surface area contributed by atoms with Crippen molar-refractivity contribution in [2.45, 2.75) is 49.0 Å². The third-order valence-electron chi connectivity index (χ3n) is 4.24. The SMILES string of the molecule is O=C(NS(=O)(=O)c1cnn(C2CCC2)c1)c1cnc(C2CC2)o1. The number of sulfonamides is 1. The van der Waals surface area contributed by atoms with E-state index in [2.05, 4.69) is 10.1 Å². The topological polar surface area (TPSA) is 107 Å². The van der Waals surface area contributed by atoms with Gasteiger partial charge in [0.1, 0.15) is 4.90 Å². The maximum atomic E-state index is 12.3. The lowest BCUT2D eigenvalue weighted by atomic mass is 9.93. The molecule has 2 aliphatic rings. The Kier molecular flexibility index (Phi) is 3.26. The van der Waals surface area contributed by atoms with Crippen LogP contribution >= 0.6 is 0 Å². The van der Waals surface area contributed by atoms with Gasteiger partial charge < -0.3 is 4.42 Å². The van der Waals surface area contributed by atoms with Crippen molar-refractivity contribution < 1.29 is 17.6 Å². The molecule has 23 heavy (non-hydrogen) atoms. The molecule has 0 radical (unpaired) electrons. The monoisotopic (exact) mass is 336 g/mol. The Bertz CT molecular complexity index is 846. The minimum absolute atomic E-state index is 0.0281. The van der Waals surface area contributed by atoms with Crippen molar-refractivity contribution in [2.24, 2.45) is 0 Å². The van der Waals surface area contributed by atoms with Gasteiger partial charge in [-0.25, -0.2) is 18.1 Å². The number of hydrogen-bond acceptors (Lipinski definition) is 6. The number of oxazole rings is 1. The zero-order chi connectivity index (χ0) is 16.0. The van der Waals surface area contributed by atoms with Crippen molar-refractivity contribution in [3.63, 3.8) is 0 Å². The van der Waals surface area contributed by atoms with E-state index >= 15 is 0 Å². The summed E-state index contributed by atoms with van der Waals surface area (Å²) in [5, 5.41) is 4.07. The van der Waals surface area contributed by atoms with E-state index in [0.29, 0.717) is 5.89 Å². The van der Waals surface area contributed by atoms with Gasteiger partial charge in [0.15, 0.2) is 5.89 Å². The Balaban J connectivity index is 1.49. The van der Waals surface area contributed by atoms with Crippen LogP contribution in [0.1, 0.15) is 60.5 Å². The lowest BCUT2D eigenvalue weighted by Crippen LogP contribution is -2.30. The number of carbonyl (C=O) groups excluding carboxylic acids is 1. The molecule has 0 unspecified atom stereocenters. The fourth-order valence-electron chi connectivity index (χ4n) is 2.45. The van der Waals surface area contributed by atoms with Crippen LogP contribution in [0.4, 0.5) is 0 Å². The number of nitrogens with zero attached hydrogens (tertiary/aromatic N) is 3.